The van der Waals surface area contributed by atoms with Crippen LogP contribution in [0.15, 0.2) is 0 Å². The highest BCUT2D eigenvalue weighted by Gasteiger charge is 2.47. The lowest BCUT2D eigenvalue weighted by atomic mass is 9.60. The Morgan fingerprint density at radius 2 is 1.56 bits per heavy atom. The van der Waals surface area contributed by atoms with Crippen LogP contribution in [0.4, 0.5) is 0 Å². The summed E-state index contributed by atoms with van der Waals surface area (Å²) in [4.78, 5) is 0. The summed E-state index contributed by atoms with van der Waals surface area (Å²) in [5.74, 6) is 2.78. The van der Waals surface area contributed by atoms with E-state index in [-0.39, 0.29) is 11.7 Å². The van der Waals surface area contributed by atoms with Crippen molar-refractivity contribution in [1.82, 2.24) is 0 Å². The zero-order valence-corrected chi connectivity index (χ0v) is 12.7. The predicted octanol–water partition coefficient (Wildman–Crippen LogP) is 4.09. The van der Waals surface area contributed by atoms with Gasteiger partial charge in [0.1, 0.15) is 0 Å². The van der Waals surface area contributed by atoms with Crippen LogP contribution >= 0.6 is 0 Å². The quantitative estimate of drug-likeness (QED) is 0.739. The van der Waals surface area contributed by atoms with Crippen molar-refractivity contribution in [3.63, 3.8) is 0 Å². The molecule has 0 unspecified atom stereocenters. The van der Waals surface area contributed by atoms with Crippen LogP contribution in [0.2, 0.25) is 0 Å². The number of ether oxygens (including phenoxy) is 2. The van der Waals surface area contributed by atoms with E-state index in [1.54, 1.807) is 0 Å². The Kier molecular flexibility index (Phi) is 4.38. The molecule has 1 heterocycles. The molecule has 0 bridgehead atoms. The highest BCUT2D eigenvalue weighted by molar-refractivity contribution is 4.94. The fourth-order valence-corrected chi connectivity index (χ4v) is 4.06. The molecule has 106 valence electrons. The van der Waals surface area contributed by atoms with E-state index in [0.717, 1.165) is 31.0 Å². The Balaban J connectivity index is 2.07. The molecule has 0 N–H and O–H groups in total. The summed E-state index contributed by atoms with van der Waals surface area (Å²) in [6, 6.07) is 0. The Bertz CT molecular complexity index is 264. The molecule has 0 aromatic carbocycles. The zero-order chi connectivity index (χ0) is 13.3. The maximum atomic E-state index is 6.04. The van der Waals surface area contributed by atoms with Crippen molar-refractivity contribution in [1.29, 1.82) is 0 Å². The van der Waals surface area contributed by atoms with Crippen LogP contribution in [0.3, 0.4) is 0 Å². The third-order valence-electron chi connectivity index (χ3n) is 4.93. The summed E-state index contributed by atoms with van der Waals surface area (Å²) in [5.41, 5.74) is 0.289. The minimum Gasteiger partial charge on any atom is -0.352 e. The molecule has 1 aliphatic heterocycles. The van der Waals surface area contributed by atoms with E-state index in [1.807, 2.05) is 0 Å². The van der Waals surface area contributed by atoms with Crippen molar-refractivity contribution in [3.05, 3.63) is 0 Å². The maximum absolute atomic E-state index is 6.04. The van der Waals surface area contributed by atoms with Crippen LogP contribution in [-0.2, 0) is 9.47 Å². The average Bonchev–Trinajstić information content (AvgIpc) is 2.28. The van der Waals surface area contributed by atoms with Crippen LogP contribution in [0, 0.1) is 29.1 Å². The highest BCUT2D eigenvalue weighted by Crippen LogP contribution is 2.49. The smallest absolute Gasteiger partial charge is 0.159 e. The second-order valence-electron chi connectivity index (χ2n) is 7.33. The maximum Gasteiger partial charge on any atom is 0.159 e. The molecular formula is C16H30O2. The van der Waals surface area contributed by atoms with E-state index in [2.05, 4.69) is 34.6 Å². The molecule has 18 heavy (non-hydrogen) atoms. The van der Waals surface area contributed by atoms with E-state index < -0.39 is 0 Å². The van der Waals surface area contributed by atoms with Crippen LogP contribution < -0.4 is 0 Å². The Morgan fingerprint density at radius 1 is 0.944 bits per heavy atom. The summed E-state index contributed by atoms with van der Waals surface area (Å²) < 4.78 is 12.1. The van der Waals surface area contributed by atoms with Gasteiger partial charge in [0.2, 0.25) is 0 Å². The van der Waals surface area contributed by atoms with Gasteiger partial charge in [-0.25, -0.2) is 0 Å². The normalized spacial score (nSPS) is 41.8. The minimum absolute atomic E-state index is 0.0145. The van der Waals surface area contributed by atoms with Gasteiger partial charge in [0.05, 0.1) is 13.2 Å². The summed E-state index contributed by atoms with van der Waals surface area (Å²) in [5, 5.41) is 0. The van der Waals surface area contributed by atoms with Gasteiger partial charge in [0.15, 0.2) is 6.29 Å². The molecule has 2 heteroatoms. The molecule has 1 saturated carbocycles. The summed E-state index contributed by atoms with van der Waals surface area (Å²) in [6.07, 6.45) is 4.01. The first-order chi connectivity index (χ1) is 8.44. The second kappa shape index (κ2) is 5.50. The van der Waals surface area contributed by atoms with Crippen LogP contribution in [0.25, 0.3) is 0 Å². The van der Waals surface area contributed by atoms with Crippen LogP contribution in [0.1, 0.15) is 53.9 Å². The van der Waals surface area contributed by atoms with Crippen molar-refractivity contribution in [3.8, 4) is 0 Å². The van der Waals surface area contributed by atoms with E-state index in [9.17, 15) is 0 Å². The summed E-state index contributed by atoms with van der Waals surface area (Å²) in [6.45, 7) is 13.3. The molecule has 1 spiro atoms. The van der Waals surface area contributed by atoms with Gasteiger partial charge in [-0.2, -0.15) is 0 Å². The van der Waals surface area contributed by atoms with Gasteiger partial charge in [-0.3, -0.25) is 0 Å². The van der Waals surface area contributed by atoms with Gasteiger partial charge in [-0.05, 0) is 30.6 Å². The second-order valence-corrected chi connectivity index (χ2v) is 7.33. The molecule has 0 aromatic rings. The van der Waals surface area contributed by atoms with Gasteiger partial charge in [-0.1, -0.05) is 41.0 Å². The fraction of sp³-hybridized carbons (Fsp3) is 1.00. The van der Waals surface area contributed by atoms with Gasteiger partial charge >= 0.3 is 0 Å². The molecule has 1 saturated heterocycles. The highest BCUT2D eigenvalue weighted by atomic mass is 16.7. The lowest BCUT2D eigenvalue weighted by Crippen LogP contribution is -2.51. The van der Waals surface area contributed by atoms with Crippen LogP contribution in [0.5, 0.6) is 0 Å². The Morgan fingerprint density at radius 3 is 2.06 bits per heavy atom. The molecular weight excluding hydrogens is 224 g/mol. The lowest BCUT2D eigenvalue weighted by Gasteiger charge is -2.51. The fourth-order valence-electron chi connectivity index (χ4n) is 4.06. The Labute approximate surface area is 112 Å². The van der Waals surface area contributed by atoms with Gasteiger partial charge in [0.25, 0.3) is 0 Å². The van der Waals surface area contributed by atoms with Crippen LogP contribution in [-0.4, -0.2) is 19.5 Å². The molecule has 2 fully saturated rings. The largest absolute Gasteiger partial charge is 0.352 e. The number of rotatable bonds is 2. The molecule has 2 aliphatic rings. The number of hydrogen-bond donors (Lipinski definition) is 0. The molecule has 2 rings (SSSR count). The van der Waals surface area contributed by atoms with E-state index in [0.29, 0.717) is 5.92 Å². The molecule has 0 amide bonds. The molecule has 0 radical (unpaired) electrons. The third kappa shape index (κ3) is 2.75. The first-order valence-corrected chi connectivity index (χ1v) is 7.68. The van der Waals surface area contributed by atoms with Gasteiger partial charge in [0, 0.05) is 11.3 Å². The molecule has 2 atom stereocenters. The minimum atomic E-state index is 0.0145. The Hall–Kier alpha value is -0.0800. The van der Waals surface area contributed by atoms with Crippen molar-refractivity contribution in [2.45, 2.75) is 60.2 Å². The molecule has 1 aliphatic carbocycles. The van der Waals surface area contributed by atoms with Crippen molar-refractivity contribution in [2.75, 3.05) is 13.2 Å². The van der Waals surface area contributed by atoms with Crippen molar-refractivity contribution >= 4 is 0 Å². The summed E-state index contributed by atoms with van der Waals surface area (Å²) >= 11 is 0. The standard InChI is InChI=1S/C16H30O2/c1-11(2)14-7-6-13(5)8-16(14)9-17-15(12(3)4)18-10-16/h11-15H,6-10H2,1-5H3/t13-,14+,15?,16?/m1/s1. The SMILES string of the molecule is CC(C)C1OCC2(CO1)C[C@H](C)CC[C@H]2C(C)C. The third-order valence-corrected chi connectivity index (χ3v) is 4.93. The van der Waals surface area contributed by atoms with Crippen molar-refractivity contribution < 1.29 is 9.47 Å². The van der Waals surface area contributed by atoms with Crippen molar-refractivity contribution in [2.24, 2.45) is 29.1 Å². The van der Waals surface area contributed by atoms with E-state index >= 15 is 0 Å². The predicted molar refractivity (Wildman–Crippen MR) is 74.3 cm³/mol. The van der Waals surface area contributed by atoms with E-state index in [4.69, 9.17) is 9.47 Å². The average molecular weight is 254 g/mol. The van der Waals surface area contributed by atoms with Gasteiger partial charge in [-0.15, -0.1) is 0 Å². The molecule has 0 aromatic heterocycles. The zero-order valence-electron chi connectivity index (χ0n) is 12.7. The number of hydrogen-bond acceptors (Lipinski definition) is 2. The van der Waals surface area contributed by atoms with E-state index in [1.165, 1.54) is 19.3 Å². The van der Waals surface area contributed by atoms with Gasteiger partial charge < -0.3 is 9.47 Å². The summed E-state index contributed by atoms with van der Waals surface area (Å²) in [7, 11) is 0. The lowest BCUT2D eigenvalue weighted by molar-refractivity contribution is -0.268. The topological polar surface area (TPSA) is 18.5 Å². The molecule has 2 nitrogen and oxygen atoms in total. The first-order valence-electron chi connectivity index (χ1n) is 7.68. The monoisotopic (exact) mass is 254 g/mol. The first kappa shape index (κ1) is 14.3.